The minimum atomic E-state index is -1.03. The van der Waals surface area contributed by atoms with Gasteiger partial charge in [-0.1, -0.05) is 36.4 Å². The van der Waals surface area contributed by atoms with Gasteiger partial charge in [-0.05, 0) is 35.4 Å². The molecular formula is C28H28N4O4. The first-order valence-electron chi connectivity index (χ1n) is 12.0. The van der Waals surface area contributed by atoms with Crippen LogP contribution in [0.3, 0.4) is 0 Å². The zero-order valence-electron chi connectivity index (χ0n) is 19.8. The molecule has 1 aliphatic heterocycles. The van der Waals surface area contributed by atoms with Crippen LogP contribution in [0, 0.1) is 0 Å². The van der Waals surface area contributed by atoms with Crippen LogP contribution in [0.15, 0.2) is 79.3 Å². The van der Waals surface area contributed by atoms with E-state index < -0.39 is 18.0 Å². The molecule has 0 bridgehead atoms. The predicted molar refractivity (Wildman–Crippen MR) is 136 cm³/mol. The van der Waals surface area contributed by atoms with E-state index in [1.807, 2.05) is 64.3 Å². The number of fused-ring (bicyclic) bond motifs is 1. The second-order valence-corrected chi connectivity index (χ2v) is 9.15. The number of nitrogens with zero attached hydrogens (tertiary/aromatic N) is 4. The zero-order chi connectivity index (χ0) is 25.1. The number of hydrogen-bond acceptors (Lipinski definition) is 5. The monoisotopic (exact) mass is 484 g/mol. The molecule has 5 rings (SSSR count). The van der Waals surface area contributed by atoms with Gasteiger partial charge in [-0.25, -0.2) is 4.79 Å². The summed E-state index contributed by atoms with van der Waals surface area (Å²) in [5.41, 5.74) is 3.80. The van der Waals surface area contributed by atoms with Crippen LogP contribution < -0.4 is 0 Å². The summed E-state index contributed by atoms with van der Waals surface area (Å²) in [6.07, 6.45) is 5.49. The summed E-state index contributed by atoms with van der Waals surface area (Å²) in [5, 5.41) is 20.6. The zero-order valence-corrected chi connectivity index (χ0v) is 19.8. The smallest absolute Gasteiger partial charge is 0.335 e. The van der Waals surface area contributed by atoms with E-state index in [1.165, 1.54) is 0 Å². The Bertz CT molecular complexity index is 1360. The Balaban J connectivity index is 1.45. The van der Waals surface area contributed by atoms with Crippen molar-refractivity contribution in [2.24, 2.45) is 0 Å². The molecule has 1 aliphatic rings. The lowest BCUT2D eigenvalue weighted by molar-refractivity contribution is -0.144. The number of pyridine rings is 1. The molecule has 0 saturated carbocycles. The molecule has 0 aliphatic carbocycles. The van der Waals surface area contributed by atoms with Crippen molar-refractivity contribution in [3.8, 4) is 0 Å². The Labute approximate surface area is 209 Å². The number of aromatic carboxylic acids is 1. The molecule has 0 radical (unpaired) electrons. The van der Waals surface area contributed by atoms with Gasteiger partial charge in [-0.2, -0.15) is 0 Å². The molecule has 8 nitrogen and oxygen atoms in total. The molecular weight excluding hydrogens is 456 g/mol. The van der Waals surface area contributed by atoms with E-state index in [0.717, 1.165) is 36.3 Å². The second-order valence-electron chi connectivity index (χ2n) is 9.15. The van der Waals surface area contributed by atoms with Gasteiger partial charge in [-0.3, -0.25) is 19.6 Å². The summed E-state index contributed by atoms with van der Waals surface area (Å²) >= 11 is 0. The standard InChI is InChI=1S/C28H28N4O4/c33-27(34)22-8-9-25-23(15-22)24(19-32(25)18-20-5-2-1-3-6-20)26(28(35)36)31-13-11-30(12-14-31)17-21-7-4-10-29-16-21/h1-10,15-16,19,26H,11-14,17-18H2,(H,33,34)(H,35,36)/t26-/m1/s1. The van der Waals surface area contributed by atoms with E-state index in [2.05, 4.69) is 9.88 Å². The SMILES string of the molecule is O=C(O)c1ccc2c(c1)c([C@H](C(=O)O)N1CCN(Cc3cccnc3)CC1)cn2Cc1ccccc1. The lowest BCUT2D eigenvalue weighted by atomic mass is 10.0. The van der Waals surface area contributed by atoms with E-state index in [9.17, 15) is 19.8 Å². The first kappa shape index (κ1) is 23.7. The van der Waals surface area contributed by atoms with E-state index in [0.29, 0.717) is 30.6 Å². The minimum Gasteiger partial charge on any atom is -0.480 e. The van der Waals surface area contributed by atoms with Gasteiger partial charge in [0.2, 0.25) is 0 Å². The molecule has 2 aromatic carbocycles. The Morgan fingerprint density at radius 2 is 1.64 bits per heavy atom. The number of carboxylic acid groups (broad SMARTS) is 2. The highest BCUT2D eigenvalue weighted by Crippen LogP contribution is 2.33. The molecule has 1 fully saturated rings. The van der Waals surface area contributed by atoms with Crippen LogP contribution >= 0.6 is 0 Å². The number of carbonyl (C=O) groups is 2. The van der Waals surface area contributed by atoms with Gasteiger partial charge >= 0.3 is 11.9 Å². The van der Waals surface area contributed by atoms with Crippen LogP contribution in [0.25, 0.3) is 10.9 Å². The van der Waals surface area contributed by atoms with E-state index in [4.69, 9.17) is 0 Å². The Morgan fingerprint density at radius 3 is 2.31 bits per heavy atom. The summed E-state index contributed by atoms with van der Waals surface area (Å²) in [5.74, 6) is -1.97. The molecule has 3 heterocycles. The average molecular weight is 485 g/mol. The topological polar surface area (TPSA) is 98.9 Å². The van der Waals surface area contributed by atoms with Crippen LogP contribution in [0.5, 0.6) is 0 Å². The van der Waals surface area contributed by atoms with Crippen molar-refractivity contribution in [3.05, 3.63) is 102 Å². The molecule has 184 valence electrons. The molecule has 2 N–H and O–H groups in total. The number of hydrogen-bond donors (Lipinski definition) is 2. The first-order valence-corrected chi connectivity index (χ1v) is 12.0. The van der Waals surface area contributed by atoms with Crippen molar-refractivity contribution < 1.29 is 19.8 Å². The van der Waals surface area contributed by atoms with Gasteiger partial charge in [0.05, 0.1) is 5.56 Å². The summed E-state index contributed by atoms with van der Waals surface area (Å²) in [6, 6.07) is 18.0. The molecule has 8 heteroatoms. The van der Waals surface area contributed by atoms with Gasteiger partial charge in [0.25, 0.3) is 0 Å². The Morgan fingerprint density at radius 1 is 0.889 bits per heavy atom. The molecule has 4 aromatic rings. The van der Waals surface area contributed by atoms with Crippen LogP contribution in [-0.2, 0) is 17.9 Å². The van der Waals surface area contributed by atoms with Crippen molar-refractivity contribution in [3.63, 3.8) is 0 Å². The fourth-order valence-electron chi connectivity index (χ4n) is 5.00. The molecule has 36 heavy (non-hydrogen) atoms. The maximum Gasteiger partial charge on any atom is 0.335 e. The number of rotatable bonds is 8. The Kier molecular flexibility index (Phi) is 6.79. The summed E-state index contributed by atoms with van der Waals surface area (Å²) < 4.78 is 2.01. The van der Waals surface area contributed by atoms with Gasteiger partial charge in [-0.15, -0.1) is 0 Å². The van der Waals surface area contributed by atoms with E-state index >= 15 is 0 Å². The van der Waals surface area contributed by atoms with Crippen molar-refractivity contribution in [2.75, 3.05) is 26.2 Å². The third-order valence-corrected chi connectivity index (χ3v) is 6.78. The summed E-state index contributed by atoms with van der Waals surface area (Å²) in [4.78, 5) is 32.8. The highest BCUT2D eigenvalue weighted by atomic mass is 16.4. The Hall–Kier alpha value is -4.01. The molecule has 0 amide bonds. The number of benzene rings is 2. The third kappa shape index (κ3) is 5.00. The van der Waals surface area contributed by atoms with Crippen LogP contribution in [0.2, 0.25) is 0 Å². The first-order chi connectivity index (χ1) is 17.5. The van der Waals surface area contributed by atoms with Crippen molar-refractivity contribution in [1.29, 1.82) is 0 Å². The average Bonchev–Trinajstić information content (AvgIpc) is 3.23. The van der Waals surface area contributed by atoms with Crippen molar-refractivity contribution in [1.82, 2.24) is 19.4 Å². The molecule has 0 unspecified atom stereocenters. The van der Waals surface area contributed by atoms with E-state index in [-0.39, 0.29) is 5.56 Å². The number of aliphatic carboxylic acids is 1. The van der Waals surface area contributed by atoms with Gasteiger partial charge in [0.15, 0.2) is 0 Å². The number of carboxylic acids is 2. The molecule has 1 atom stereocenters. The lowest BCUT2D eigenvalue weighted by Gasteiger charge is -2.37. The summed E-state index contributed by atoms with van der Waals surface area (Å²) in [6.45, 7) is 4.01. The quantitative estimate of drug-likeness (QED) is 0.393. The minimum absolute atomic E-state index is 0.145. The number of aromatic nitrogens is 2. The highest BCUT2D eigenvalue weighted by molar-refractivity contribution is 5.96. The maximum atomic E-state index is 12.6. The molecule has 0 spiro atoms. The highest BCUT2D eigenvalue weighted by Gasteiger charge is 2.33. The van der Waals surface area contributed by atoms with Crippen LogP contribution in [-0.4, -0.2) is 67.7 Å². The fraction of sp³-hybridized carbons (Fsp3) is 0.250. The normalized spacial score (nSPS) is 15.7. The van der Waals surface area contributed by atoms with Gasteiger partial charge in [0.1, 0.15) is 6.04 Å². The van der Waals surface area contributed by atoms with E-state index in [1.54, 1.807) is 24.4 Å². The second kappa shape index (κ2) is 10.3. The van der Waals surface area contributed by atoms with Crippen LogP contribution in [0.4, 0.5) is 0 Å². The van der Waals surface area contributed by atoms with Crippen molar-refractivity contribution in [2.45, 2.75) is 19.1 Å². The fourth-order valence-corrected chi connectivity index (χ4v) is 5.00. The predicted octanol–water partition coefficient (Wildman–Crippen LogP) is 3.73. The van der Waals surface area contributed by atoms with Crippen molar-refractivity contribution >= 4 is 22.8 Å². The van der Waals surface area contributed by atoms with Gasteiger partial charge < -0.3 is 14.8 Å². The number of piperazine rings is 1. The largest absolute Gasteiger partial charge is 0.480 e. The molecule has 1 saturated heterocycles. The molecule has 2 aromatic heterocycles. The van der Waals surface area contributed by atoms with Crippen LogP contribution in [0.1, 0.15) is 33.1 Å². The summed E-state index contributed by atoms with van der Waals surface area (Å²) in [7, 11) is 0. The maximum absolute atomic E-state index is 12.6. The third-order valence-electron chi connectivity index (χ3n) is 6.78. The lowest BCUT2D eigenvalue weighted by Crippen LogP contribution is -2.48. The van der Waals surface area contributed by atoms with Gasteiger partial charge in [0, 0.05) is 74.3 Å².